The van der Waals surface area contributed by atoms with E-state index in [4.69, 9.17) is 18.9 Å². The molecule has 0 aliphatic heterocycles. The van der Waals surface area contributed by atoms with Crippen molar-refractivity contribution in [3.05, 3.63) is 102 Å². The molecular weight excluding hydrogens is 500 g/mol. The predicted octanol–water partition coefficient (Wildman–Crippen LogP) is 7.90. The molecule has 3 aromatic rings. The lowest BCUT2D eigenvalue weighted by Gasteiger charge is -2.10. The lowest BCUT2D eigenvalue weighted by Crippen LogP contribution is -2.05. The maximum atomic E-state index is 11.0. The quantitative estimate of drug-likeness (QED) is 0.0573. The Labute approximate surface area is 239 Å². The lowest BCUT2D eigenvalue weighted by atomic mass is 10.1. The summed E-state index contributed by atoms with van der Waals surface area (Å²) in [6, 6.07) is 23.7. The summed E-state index contributed by atoms with van der Waals surface area (Å²) in [4.78, 5) is 11.0. The van der Waals surface area contributed by atoms with Crippen molar-refractivity contribution in [1.82, 2.24) is 0 Å². The molecule has 0 N–H and O–H groups in total. The zero-order chi connectivity index (χ0) is 28.3. The number of aryl methyl sites for hydroxylation is 1. The van der Waals surface area contributed by atoms with E-state index in [1.807, 2.05) is 48.5 Å². The van der Waals surface area contributed by atoms with Gasteiger partial charge in [-0.25, -0.2) is 4.79 Å². The molecule has 0 heterocycles. The fourth-order valence-electron chi connectivity index (χ4n) is 3.89. The molecule has 0 aromatic heterocycles. The van der Waals surface area contributed by atoms with Crippen molar-refractivity contribution in [2.45, 2.75) is 58.3 Å². The van der Waals surface area contributed by atoms with Crippen LogP contribution in [0.1, 0.15) is 68.6 Å². The summed E-state index contributed by atoms with van der Waals surface area (Å²) in [5, 5.41) is 0. The fraction of sp³-hybridized carbons (Fsp3) is 0.343. The summed E-state index contributed by atoms with van der Waals surface area (Å²) < 4.78 is 22.2. The van der Waals surface area contributed by atoms with Crippen LogP contribution in [0.3, 0.4) is 0 Å². The van der Waals surface area contributed by atoms with Crippen LogP contribution >= 0.6 is 0 Å². The number of benzene rings is 3. The molecule has 0 atom stereocenters. The van der Waals surface area contributed by atoms with Crippen LogP contribution in [0.15, 0.2) is 85.5 Å². The van der Waals surface area contributed by atoms with Crippen molar-refractivity contribution >= 4 is 5.97 Å². The van der Waals surface area contributed by atoms with E-state index in [0.29, 0.717) is 19.0 Å². The third kappa shape index (κ3) is 12.1. The van der Waals surface area contributed by atoms with E-state index >= 15 is 0 Å². The highest BCUT2D eigenvalue weighted by Crippen LogP contribution is 2.19. The minimum absolute atomic E-state index is 0.109. The van der Waals surface area contributed by atoms with E-state index < -0.39 is 0 Å². The largest absolute Gasteiger partial charge is 0.494 e. The van der Waals surface area contributed by atoms with Gasteiger partial charge in [-0.3, -0.25) is 0 Å². The van der Waals surface area contributed by atoms with Crippen molar-refractivity contribution in [2.24, 2.45) is 0 Å². The Morgan fingerprint density at radius 3 is 1.77 bits per heavy atom. The van der Waals surface area contributed by atoms with Gasteiger partial charge in [0, 0.05) is 17.2 Å². The van der Waals surface area contributed by atoms with E-state index in [9.17, 15) is 4.79 Å². The van der Waals surface area contributed by atoms with Crippen LogP contribution in [0.4, 0.5) is 0 Å². The standard InChI is InChI=1S/C35H40O5/c1-3-5-8-11-29-12-14-30(15-13-29)16-17-31-18-20-33(21-19-31)39-28-40-34-24-22-32(23-25-34)37-26-9-6-7-10-27-38-35(36)4-2/h4,12-15,18-25H,2-3,5-11,26-28H2,1H3. The number of carbonyl (C=O) groups is 1. The first-order valence-electron chi connectivity index (χ1n) is 14.1. The molecular formula is C35H40O5. The second-order valence-corrected chi connectivity index (χ2v) is 9.44. The summed E-state index contributed by atoms with van der Waals surface area (Å²) in [5.41, 5.74) is 3.33. The molecule has 0 spiro atoms. The first-order valence-corrected chi connectivity index (χ1v) is 14.1. The molecule has 0 fully saturated rings. The fourth-order valence-corrected chi connectivity index (χ4v) is 3.89. The maximum absolute atomic E-state index is 11.0. The van der Waals surface area contributed by atoms with E-state index in [0.717, 1.165) is 54.7 Å². The van der Waals surface area contributed by atoms with Gasteiger partial charge in [-0.2, -0.15) is 0 Å². The molecule has 210 valence electrons. The van der Waals surface area contributed by atoms with Gasteiger partial charge in [0.1, 0.15) is 17.2 Å². The Morgan fingerprint density at radius 1 is 0.675 bits per heavy atom. The van der Waals surface area contributed by atoms with Gasteiger partial charge in [0.05, 0.1) is 13.2 Å². The van der Waals surface area contributed by atoms with E-state index in [-0.39, 0.29) is 12.8 Å². The molecule has 0 aliphatic carbocycles. The van der Waals surface area contributed by atoms with Crippen molar-refractivity contribution in [3.63, 3.8) is 0 Å². The highest BCUT2D eigenvalue weighted by Gasteiger charge is 2.00. The zero-order valence-corrected chi connectivity index (χ0v) is 23.5. The van der Waals surface area contributed by atoms with Crippen LogP contribution in [-0.2, 0) is 16.0 Å². The number of hydrogen-bond donors (Lipinski definition) is 0. The SMILES string of the molecule is C=CC(=O)OCCCCCCOc1ccc(OCOc2ccc(C#Cc3ccc(CCCCC)cc3)cc2)cc1. The van der Waals surface area contributed by atoms with Crippen LogP contribution in [0, 0.1) is 11.8 Å². The predicted molar refractivity (Wildman–Crippen MR) is 160 cm³/mol. The number of hydrogen-bond acceptors (Lipinski definition) is 5. The first-order chi connectivity index (χ1) is 19.7. The zero-order valence-electron chi connectivity index (χ0n) is 23.5. The number of unbranched alkanes of at least 4 members (excludes halogenated alkanes) is 5. The highest BCUT2D eigenvalue weighted by molar-refractivity contribution is 5.81. The van der Waals surface area contributed by atoms with Crippen LogP contribution in [0.5, 0.6) is 17.2 Å². The minimum atomic E-state index is -0.368. The number of esters is 1. The van der Waals surface area contributed by atoms with Crippen LogP contribution in [0.25, 0.3) is 0 Å². The van der Waals surface area contributed by atoms with E-state index in [1.54, 1.807) is 0 Å². The van der Waals surface area contributed by atoms with Gasteiger partial charge in [0.25, 0.3) is 0 Å². The Kier molecular flexibility index (Phi) is 13.8. The highest BCUT2D eigenvalue weighted by atomic mass is 16.7. The number of rotatable bonds is 17. The smallest absolute Gasteiger partial charge is 0.330 e. The first kappa shape index (κ1) is 30.4. The van der Waals surface area contributed by atoms with Crippen LogP contribution in [-0.4, -0.2) is 26.0 Å². The lowest BCUT2D eigenvalue weighted by molar-refractivity contribution is -0.137. The monoisotopic (exact) mass is 540 g/mol. The average molecular weight is 541 g/mol. The van der Waals surface area contributed by atoms with Gasteiger partial charge in [0.2, 0.25) is 6.79 Å². The molecule has 0 bridgehead atoms. The normalized spacial score (nSPS) is 10.2. The van der Waals surface area contributed by atoms with Gasteiger partial charge in [-0.15, -0.1) is 0 Å². The Balaban J connectivity index is 1.30. The average Bonchev–Trinajstić information content (AvgIpc) is 2.99. The minimum Gasteiger partial charge on any atom is -0.494 e. The maximum Gasteiger partial charge on any atom is 0.330 e. The molecule has 0 aliphatic rings. The molecule has 0 amide bonds. The third-order valence-electron chi connectivity index (χ3n) is 6.22. The number of ether oxygens (including phenoxy) is 4. The summed E-state index contributed by atoms with van der Waals surface area (Å²) in [6.07, 6.45) is 9.88. The molecule has 0 unspecified atom stereocenters. The molecule has 0 radical (unpaired) electrons. The van der Waals surface area contributed by atoms with Crippen LogP contribution < -0.4 is 14.2 Å². The van der Waals surface area contributed by atoms with Crippen molar-refractivity contribution in [1.29, 1.82) is 0 Å². The van der Waals surface area contributed by atoms with E-state index in [1.165, 1.54) is 30.9 Å². The molecule has 3 aromatic carbocycles. The summed E-state index contributed by atoms with van der Waals surface area (Å²) in [7, 11) is 0. The van der Waals surface area contributed by atoms with Gasteiger partial charge < -0.3 is 18.9 Å². The molecule has 3 rings (SSSR count). The van der Waals surface area contributed by atoms with Crippen molar-refractivity contribution in [3.8, 4) is 29.1 Å². The molecule has 5 nitrogen and oxygen atoms in total. The van der Waals surface area contributed by atoms with Gasteiger partial charge in [-0.1, -0.05) is 50.3 Å². The Morgan fingerprint density at radius 2 is 1.20 bits per heavy atom. The summed E-state index contributed by atoms with van der Waals surface area (Å²) >= 11 is 0. The van der Waals surface area contributed by atoms with Gasteiger partial charge >= 0.3 is 5.97 Å². The molecule has 0 saturated heterocycles. The second kappa shape index (κ2) is 18.2. The molecule has 0 saturated carbocycles. The molecule has 40 heavy (non-hydrogen) atoms. The van der Waals surface area contributed by atoms with E-state index in [2.05, 4.69) is 49.6 Å². The van der Waals surface area contributed by atoms with Crippen molar-refractivity contribution < 1.29 is 23.7 Å². The van der Waals surface area contributed by atoms with Gasteiger partial charge in [-0.05, 0) is 105 Å². The second-order valence-electron chi connectivity index (χ2n) is 9.44. The van der Waals surface area contributed by atoms with Crippen molar-refractivity contribution in [2.75, 3.05) is 20.0 Å². The molecule has 5 heteroatoms. The summed E-state index contributed by atoms with van der Waals surface area (Å²) in [5.74, 6) is 8.31. The topological polar surface area (TPSA) is 54.0 Å². The van der Waals surface area contributed by atoms with Gasteiger partial charge in [0.15, 0.2) is 0 Å². The Hall–Kier alpha value is -4.17. The Bertz CT molecular complexity index is 1200. The van der Waals surface area contributed by atoms with Crippen LogP contribution in [0.2, 0.25) is 0 Å². The number of carbonyl (C=O) groups excluding carboxylic acids is 1. The third-order valence-corrected chi connectivity index (χ3v) is 6.22. The summed E-state index contributed by atoms with van der Waals surface area (Å²) in [6.45, 7) is 6.79.